The molecule has 2 nitrogen and oxygen atoms in total. The average molecular weight is 281 g/mol. The van der Waals surface area contributed by atoms with E-state index in [0.29, 0.717) is 17.9 Å². The highest BCUT2D eigenvalue weighted by Gasteiger charge is 2.30. The van der Waals surface area contributed by atoms with Gasteiger partial charge < -0.3 is 10.4 Å². The van der Waals surface area contributed by atoms with Gasteiger partial charge in [-0.15, -0.1) is 0 Å². The Labute approximate surface area is 125 Å². The van der Waals surface area contributed by atoms with Gasteiger partial charge >= 0.3 is 0 Å². The number of nitrogens with one attached hydrogen (secondary N) is 1. The van der Waals surface area contributed by atoms with Crippen molar-refractivity contribution in [1.82, 2.24) is 5.32 Å². The molecule has 0 spiro atoms. The van der Waals surface area contributed by atoms with Crippen molar-refractivity contribution in [2.24, 2.45) is 29.1 Å². The zero-order chi connectivity index (χ0) is 14.6. The molecule has 2 N–H and O–H groups in total. The summed E-state index contributed by atoms with van der Waals surface area (Å²) < 4.78 is 0. The molecule has 2 aliphatic carbocycles. The Kier molecular flexibility index (Phi) is 5.92. The Morgan fingerprint density at radius 3 is 2.15 bits per heavy atom. The van der Waals surface area contributed by atoms with Crippen molar-refractivity contribution in [1.29, 1.82) is 0 Å². The van der Waals surface area contributed by atoms with Crippen LogP contribution in [0, 0.1) is 29.1 Å². The largest absolute Gasteiger partial charge is 0.396 e. The first-order valence-corrected chi connectivity index (χ1v) is 8.82. The van der Waals surface area contributed by atoms with Crippen LogP contribution in [0.2, 0.25) is 0 Å². The first-order chi connectivity index (χ1) is 9.50. The van der Waals surface area contributed by atoms with Gasteiger partial charge in [0.2, 0.25) is 0 Å². The number of aliphatic hydroxyl groups excluding tert-OH is 1. The van der Waals surface area contributed by atoms with Crippen LogP contribution in [-0.2, 0) is 0 Å². The van der Waals surface area contributed by atoms with E-state index in [1.54, 1.807) is 0 Å². The summed E-state index contributed by atoms with van der Waals surface area (Å²) in [6.07, 6.45) is 9.51. The molecule has 0 bridgehead atoms. The van der Waals surface area contributed by atoms with Gasteiger partial charge in [0, 0.05) is 6.61 Å². The van der Waals surface area contributed by atoms with Crippen LogP contribution >= 0.6 is 0 Å². The molecule has 0 saturated heterocycles. The molecule has 2 rings (SSSR count). The third kappa shape index (κ3) is 4.46. The summed E-state index contributed by atoms with van der Waals surface area (Å²) in [5.41, 5.74) is 0.497. The molecule has 2 aliphatic rings. The molecule has 2 heteroatoms. The molecule has 0 aromatic heterocycles. The van der Waals surface area contributed by atoms with Gasteiger partial charge in [0.25, 0.3) is 0 Å². The molecule has 20 heavy (non-hydrogen) atoms. The predicted octanol–water partition coefficient (Wildman–Crippen LogP) is 3.84. The van der Waals surface area contributed by atoms with Crippen molar-refractivity contribution in [2.75, 3.05) is 19.7 Å². The fourth-order valence-corrected chi connectivity index (χ4v) is 4.33. The van der Waals surface area contributed by atoms with Gasteiger partial charge in [0.05, 0.1) is 0 Å². The monoisotopic (exact) mass is 281 g/mol. The minimum Gasteiger partial charge on any atom is -0.396 e. The lowest BCUT2D eigenvalue weighted by Crippen LogP contribution is -2.33. The van der Waals surface area contributed by atoms with Gasteiger partial charge in [-0.2, -0.15) is 0 Å². The minimum absolute atomic E-state index is 0.392. The normalized spacial score (nSPS) is 35.4. The molecule has 2 saturated carbocycles. The SMILES string of the molecule is CC(C)(C)C1CCC(CNCC2CCCC2CO)CC1. The van der Waals surface area contributed by atoms with E-state index in [1.807, 2.05) is 0 Å². The van der Waals surface area contributed by atoms with Crippen molar-refractivity contribution >= 4 is 0 Å². The molecule has 0 amide bonds. The van der Waals surface area contributed by atoms with Crippen molar-refractivity contribution in [3.8, 4) is 0 Å². The maximum absolute atomic E-state index is 9.36. The molecule has 118 valence electrons. The number of hydrogen-bond acceptors (Lipinski definition) is 2. The highest BCUT2D eigenvalue weighted by Crippen LogP contribution is 2.39. The lowest BCUT2D eigenvalue weighted by molar-refractivity contribution is 0.146. The van der Waals surface area contributed by atoms with Gasteiger partial charge in [-0.1, -0.05) is 27.2 Å². The molecule has 2 atom stereocenters. The molecule has 0 radical (unpaired) electrons. The average Bonchev–Trinajstić information content (AvgIpc) is 2.86. The van der Waals surface area contributed by atoms with Crippen LogP contribution in [0.1, 0.15) is 65.7 Å². The molecule has 2 fully saturated rings. The maximum atomic E-state index is 9.36. The fourth-order valence-electron chi connectivity index (χ4n) is 4.33. The summed E-state index contributed by atoms with van der Waals surface area (Å²) in [5, 5.41) is 13.1. The Morgan fingerprint density at radius 2 is 1.55 bits per heavy atom. The summed E-state index contributed by atoms with van der Waals surface area (Å²) in [5.74, 6) is 3.11. The highest BCUT2D eigenvalue weighted by atomic mass is 16.3. The molecule has 0 aliphatic heterocycles. The number of hydrogen-bond donors (Lipinski definition) is 2. The van der Waals surface area contributed by atoms with Gasteiger partial charge in [0.15, 0.2) is 0 Å². The van der Waals surface area contributed by atoms with Crippen molar-refractivity contribution in [2.45, 2.75) is 65.7 Å². The predicted molar refractivity (Wildman–Crippen MR) is 85.7 cm³/mol. The second kappa shape index (κ2) is 7.26. The molecule has 2 unspecified atom stereocenters. The van der Waals surface area contributed by atoms with E-state index in [2.05, 4.69) is 26.1 Å². The number of rotatable bonds is 5. The summed E-state index contributed by atoms with van der Waals surface area (Å²) in [7, 11) is 0. The van der Waals surface area contributed by atoms with Crippen LogP contribution in [0.15, 0.2) is 0 Å². The van der Waals surface area contributed by atoms with E-state index in [1.165, 1.54) is 51.5 Å². The van der Waals surface area contributed by atoms with E-state index in [4.69, 9.17) is 0 Å². The summed E-state index contributed by atoms with van der Waals surface area (Å²) in [6, 6.07) is 0. The van der Waals surface area contributed by atoms with E-state index in [-0.39, 0.29) is 0 Å². The van der Waals surface area contributed by atoms with Crippen LogP contribution < -0.4 is 5.32 Å². The smallest absolute Gasteiger partial charge is 0.0462 e. The van der Waals surface area contributed by atoms with Crippen LogP contribution in [0.4, 0.5) is 0 Å². The summed E-state index contributed by atoms with van der Waals surface area (Å²) >= 11 is 0. The van der Waals surface area contributed by atoms with Crippen LogP contribution in [0.25, 0.3) is 0 Å². The molecular weight excluding hydrogens is 246 g/mol. The zero-order valence-corrected chi connectivity index (χ0v) is 13.8. The van der Waals surface area contributed by atoms with E-state index < -0.39 is 0 Å². The first-order valence-electron chi connectivity index (χ1n) is 8.82. The second-order valence-corrected chi connectivity index (χ2v) is 8.38. The lowest BCUT2D eigenvalue weighted by atomic mass is 9.70. The van der Waals surface area contributed by atoms with Crippen molar-refractivity contribution in [3.05, 3.63) is 0 Å². The fraction of sp³-hybridized carbons (Fsp3) is 1.00. The van der Waals surface area contributed by atoms with Crippen LogP contribution in [-0.4, -0.2) is 24.8 Å². The van der Waals surface area contributed by atoms with Gasteiger partial charge in [0.1, 0.15) is 0 Å². The topological polar surface area (TPSA) is 32.3 Å². The molecule has 0 heterocycles. The Balaban J connectivity index is 1.62. The second-order valence-electron chi connectivity index (χ2n) is 8.38. The third-order valence-electron chi connectivity index (χ3n) is 5.96. The molecule has 0 aromatic carbocycles. The van der Waals surface area contributed by atoms with E-state index in [9.17, 15) is 5.11 Å². The maximum Gasteiger partial charge on any atom is 0.0462 e. The Bertz CT molecular complexity index is 276. The van der Waals surface area contributed by atoms with Gasteiger partial charge in [-0.05, 0) is 80.7 Å². The van der Waals surface area contributed by atoms with Crippen LogP contribution in [0.5, 0.6) is 0 Å². The zero-order valence-electron chi connectivity index (χ0n) is 13.8. The number of aliphatic hydroxyl groups is 1. The van der Waals surface area contributed by atoms with Gasteiger partial charge in [-0.25, -0.2) is 0 Å². The highest BCUT2D eigenvalue weighted by molar-refractivity contribution is 4.82. The minimum atomic E-state index is 0.392. The van der Waals surface area contributed by atoms with Crippen molar-refractivity contribution in [3.63, 3.8) is 0 Å². The summed E-state index contributed by atoms with van der Waals surface area (Å²) in [4.78, 5) is 0. The first kappa shape index (κ1) is 16.3. The third-order valence-corrected chi connectivity index (χ3v) is 5.96. The summed E-state index contributed by atoms with van der Waals surface area (Å²) in [6.45, 7) is 9.90. The van der Waals surface area contributed by atoms with E-state index in [0.717, 1.165) is 24.3 Å². The Hall–Kier alpha value is -0.0800. The quantitative estimate of drug-likeness (QED) is 0.802. The van der Waals surface area contributed by atoms with E-state index >= 15 is 0 Å². The van der Waals surface area contributed by atoms with Gasteiger partial charge in [-0.3, -0.25) is 0 Å². The Morgan fingerprint density at radius 1 is 0.900 bits per heavy atom. The van der Waals surface area contributed by atoms with Crippen molar-refractivity contribution < 1.29 is 5.11 Å². The molecule has 0 aromatic rings. The molecular formula is C18H35NO. The van der Waals surface area contributed by atoms with Crippen LogP contribution in [0.3, 0.4) is 0 Å². The standard InChI is InChI=1S/C18H35NO/c1-18(2,3)17-9-7-14(8-10-17)11-19-12-15-5-4-6-16(15)13-20/h14-17,19-20H,4-13H2,1-3H3. The lowest BCUT2D eigenvalue weighted by Gasteiger charge is -2.37.